The molecule has 22 heavy (non-hydrogen) atoms. The van der Waals surface area contributed by atoms with Gasteiger partial charge >= 0.3 is 0 Å². The van der Waals surface area contributed by atoms with Crippen LogP contribution in [0.25, 0.3) is 0 Å². The molecule has 0 aliphatic carbocycles. The number of hydrogen-bond donors (Lipinski definition) is 2. The van der Waals surface area contributed by atoms with E-state index in [-0.39, 0.29) is 18.2 Å². The number of nitrogens with one attached hydrogen (secondary N) is 1. The predicted octanol–water partition coefficient (Wildman–Crippen LogP) is 2.92. The first-order valence-corrected chi connectivity index (χ1v) is 7.36. The molecule has 0 aromatic heterocycles. The van der Waals surface area contributed by atoms with E-state index in [9.17, 15) is 9.59 Å². The zero-order valence-corrected chi connectivity index (χ0v) is 12.6. The van der Waals surface area contributed by atoms with Gasteiger partial charge in [-0.25, -0.2) is 0 Å². The van der Waals surface area contributed by atoms with Crippen LogP contribution in [0.3, 0.4) is 0 Å². The molecule has 4 nitrogen and oxygen atoms in total. The Morgan fingerprint density at radius 3 is 2.09 bits per heavy atom. The van der Waals surface area contributed by atoms with Crippen molar-refractivity contribution in [1.82, 2.24) is 0 Å². The van der Waals surface area contributed by atoms with Gasteiger partial charge in [-0.1, -0.05) is 37.6 Å². The number of carbonyl (C=O) groups excluding carboxylic acids is 2. The zero-order chi connectivity index (χ0) is 15.9. The standard InChI is InChI=1S/C18H20N2O2/c1-2-3-13-4-8-15(9-5-13)18(22)20-16-10-6-14(7-11-16)12-17(19)21/h4-11H,2-3,12H2,1H3,(H2,19,21)(H,20,22). The van der Waals surface area contributed by atoms with Gasteiger partial charge in [-0.3, -0.25) is 9.59 Å². The van der Waals surface area contributed by atoms with E-state index >= 15 is 0 Å². The molecule has 0 aliphatic rings. The third-order valence-corrected chi connectivity index (χ3v) is 3.34. The minimum absolute atomic E-state index is 0.148. The summed E-state index contributed by atoms with van der Waals surface area (Å²) in [5.74, 6) is -0.519. The molecule has 2 amide bonds. The second-order valence-electron chi connectivity index (χ2n) is 5.24. The van der Waals surface area contributed by atoms with Crippen molar-refractivity contribution in [2.75, 3.05) is 5.32 Å². The second kappa shape index (κ2) is 7.41. The van der Waals surface area contributed by atoms with Crippen LogP contribution in [0.15, 0.2) is 48.5 Å². The fourth-order valence-electron chi connectivity index (χ4n) is 2.22. The van der Waals surface area contributed by atoms with Gasteiger partial charge in [0.1, 0.15) is 0 Å². The van der Waals surface area contributed by atoms with Crippen molar-refractivity contribution in [1.29, 1.82) is 0 Å². The van der Waals surface area contributed by atoms with Crippen LogP contribution in [0.1, 0.15) is 34.8 Å². The third kappa shape index (κ3) is 4.45. The third-order valence-electron chi connectivity index (χ3n) is 3.34. The monoisotopic (exact) mass is 296 g/mol. The Morgan fingerprint density at radius 2 is 1.55 bits per heavy atom. The van der Waals surface area contributed by atoms with Crippen molar-refractivity contribution in [3.05, 3.63) is 65.2 Å². The fourth-order valence-corrected chi connectivity index (χ4v) is 2.22. The number of aryl methyl sites for hydroxylation is 1. The Bertz CT molecular complexity index is 646. The molecule has 0 aliphatic heterocycles. The van der Waals surface area contributed by atoms with Crippen LogP contribution in [-0.2, 0) is 17.6 Å². The van der Waals surface area contributed by atoms with Crippen molar-refractivity contribution >= 4 is 17.5 Å². The highest BCUT2D eigenvalue weighted by molar-refractivity contribution is 6.04. The molecule has 4 heteroatoms. The molecule has 0 atom stereocenters. The van der Waals surface area contributed by atoms with Gasteiger partial charge in [0.05, 0.1) is 6.42 Å². The van der Waals surface area contributed by atoms with E-state index in [1.807, 2.05) is 24.3 Å². The number of benzene rings is 2. The normalized spacial score (nSPS) is 10.2. The van der Waals surface area contributed by atoms with Gasteiger partial charge in [0.2, 0.25) is 5.91 Å². The van der Waals surface area contributed by atoms with Gasteiger partial charge in [-0.05, 0) is 41.8 Å². The maximum Gasteiger partial charge on any atom is 0.255 e. The van der Waals surface area contributed by atoms with E-state index in [0.29, 0.717) is 11.3 Å². The van der Waals surface area contributed by atoms with Gasteiger partial charge < -0.3 is 11.1 Å². The Balaban J connectivity index is 2.00. The summed E-state index contributed by atoms with van der Waals surface area (Å²) in [7, 11) is 0. The van der Waals surface area contributed by atoms with Crippen molar-refractivity contribution in [3.8, 4) is 0 Å². The molecule has 0 bridgehead atoms. The first kappa shape index (κ1) is 15.8. The largest absolute Gasteiger partial charge is 0.369 e. The van der Waals surface area contributed by atoms with Crippen molar-refractivity contribution in [2.24, 2.45) is 5.73 Å². The zero-order valence-electron chi connectivity index (χ0n) is 12.6. The van der Waals surface area contributed by atoms with E-state index in [1.165, 1.54) is 5.56 Å². The molecule has 0 unspecified atom stereocenters. The summed E-state index contributed by atoms with van der Waals surface area (Å²) in [6.45, 7) is 2.13. The first-order valence-electron chi connectivity index (χ1n) is 7.36. The van der Waals surface area contributed by atoms with E-state index in [1.54, 1.807) is 24.3 Å². The molecule has 3 N–H and O–H groups in total. The molecule has 0 spiro atoms. The molecule has 114 valence electrons. The van der Waals surface area contributed by atoms with Crippen LogP contribution in [-0.4, -0.2) is 11.8 Å². The van der Waals surface area contributed by atoms with Crippen LogP contribution in [0.2, 0.25) is 0 Å². The quantitative estimate of drug-likeness (QED) is 0.860. The molecule has 0 radical (unpaired) electrons. The summed E-state index contributed by atoms with van der Waals surface area (Å²) in [5.41, 5.74) is 8.52. The summed E-state index contributed by atoms with van der Waals surface area (Å²) in [6, 6.07) is 14.7. The summed E-state index contributed by atoms with van der Waals surface area (Å²) in [5, 5.41) is 2.84. The highest BCUT2D eigenvalue weighted by Gasteiger charge is 2.06. The van der Waals surface area contributed by atoms with E-state index in [2.05, 4.69) is 12.2 Å². The average Bonchev–Trinajstić information content (AvgIpc) is 2.50. The number of nitrogens with two attached hydrogens (primary N) is 1. The van der Waals surface area contributed by atoms with Crippen molar-refractivity contribution in [3.63, 3.8) is 0 Å². The smallest absolute Gasteiger partial charge is 0.255 e. The molecular weight excluding hydrogens is 276 g/mol. The van der Waals surface area contributed by atoms with Crippen LogP contribution >= 0.6 is 0 Å². The van der Waals surface area contributed by atoms with E-state index in [4.69, 9.17) is 5.73 Å². The molecule has 2 aromatic rings. The van der Waals surface area contributed by atoms with Gasteiger partial charge in [-0.2, -0.15) is 0 Å². The van der Waals surface area contributed by atoms with Crippen LogP contribution in [0.5, 0.6) is 0 Å². The molecule has 2 aromatic carbocycles. The number of carbonyl (C=O) groups is 2. The first-order chi connectivity index (χ1) is 10.6. The number of hydrogen-bond acceptors (Lipinski definition) is 2. The number of anilines is 1. The van der Waals surface area contributed by atoms with E-state index < -0.39 is 0 Å². The highest BCUT2D eigenvalue weighted by Crippen LogP contribution is 2.13. The number of primary amides is 1. The highest BCUT2D eigenvalue weighted by atomic mass is 16.2. The molecule has 0 saturated heterocycles. The van der Waals surface area contributed by atoms with Gasteiger partial charge in [0.15, 0.2) is 0 Å². The number of amides is 2. The summed E-state index contributed by atoms with van der Waals surface area (Å²) in [4.78, 5) is 23.0. The Hall–Kier alpha value is -2.62. The van der Waals surface area contributed by atoms with Crippen molar-refractivity contribution in [2.45, 2.75) is 26.2 Å². The van der Waals surface area contributed by atoms with Crippen LogP contribution in [0.4, 0.5) is 5.69 Å². The Labute approximate surface area is 130 Å². The average molecular weight is 296 g/mol. The lowest BCUT2D eigenvalue weighted by atomic mass is 10.1. The fraction of sp³-hybridized carbons (Fsp3) is 0.222. The number of rotatable bonds is 6. The predicted molar refractivity (Wildman–Crippen MR) is 87.7 cm³/mol. The van der Waals surface area contributed by atoms with Crippen LogP contribution in [0, 0.1) is 0 Å². The summed E-state index contributed by atoms with van der Waals surface area (Å²) < 4.78 is 0. The maximum atomic E-state index is 12.2. The molecule has 2 rings (SSSR count). The minimum Gasteiger partial charge on any atom is -0.369 e. The van der Waals surface area contributed by atoms with E-state index in [0.717, 1.165) is 18.4 Å². The van der Waals surface area contributed by atoms with Gasteiger partial charge in [0, 0.05) is 11.3 Å². The Kier molecular flexibility index (Phi) is 5.31. The summed E-state index contributed by atoms with van der Waals surface area (Å²) >= 11 is 0. The second-order valence-corrected chi connectivity index (χ2v) is 5.24. The maximum absolute atomic E-state index is 12.2. The van der Waals surface area contributed by atoms with Gasteiger partial charge in [0.25, 0.3) is 5.91 Å². The van der Waals surface area contributed by atoms with Gasteiger partial charge in [-0.15, -0.1) is 0 Å². The molecular formula is C18H20N2O2. The summed E-state index contributed by atoms with van der Waals surface area (Å²) in [6.07, 6.45) is 2.31. The topological polar surface area (TPSA) is 72.2 Å². The lowest BCUT2D eigenvalue weighted by Crippen LogP contribution is -2.14. The SMILES string of the molecule is CCCc1ccc(C(=O)Nc2ccc(CC(N)=O)cc2)cc1. The Morgan fingerprint density at radius 1 is 0.955 bits per heavy atom. The minimum atomic E-state index is -0.371. The lowest BCUT2D eigenvalue weighted by molar-refractivity contribution is -0.117. The molecule has 0 heterocycles. The molecule has 0 fully saturated rings. The molecule has 0 saturated carbocycles. The lowest BCUT2D eigenvalue weighted by Gasteiger charge is -2.07. The van der Waals surface area contributed by atoms with Crippen molar-refractivity contribution < 1.29 is 9.59 Å². The van der Waals surface area contributed by atoms with Crippen LogP contribution < -0.4 is 11.1 Å².